The van der Waals surface area contributed by atoms with Crippen LogP contribution in [0.15, 0.2) is 0 Å². The van der Waals surface area contributed by atoms with Crippen LogP contribution in [0.3, 0.4) is 0 Å². The van der Waals surface area contributed by atoms with Crippen LogP contribution in [0.2, 0.25) is 0 Å². The molecule has 4 heteroatoms. The molecule has 0 aromatic carbocycles. The highest BCUT2D eigenvalue weighted by Gasteiger charge is 2.27. The highest BCUT2D eigenvalue weighted by Crippen LogP contribution is 2.29. The van der Waals surface area contributed by atoms with Gasteiger partial charge in [-0.15, -0.1) is 0 Å². The van der Waals surface area contributed by atoms with Gasteiger partial charge in [0.05, 0.1) is 0 Å². The van der Waals surface area contributed by atoms with Crippen LogP contribution in [0.1, 0.15) is 64.7 Å². The van der Waals surface area contributed by atoms with E-state index in [1.807, 2.05) is 0 Å². The Balaban J connectivity index is 2.17. The second kappa shape index (κ2) is 8.94. The van der Waals surface area contributed by atoms with E-state index in [0.29, 0.717) is 18.9 Å². The molecule has 19 heavy (non-hydrogen) atoms. The summed E-state index contributed by atoms with van der Waals surface area (Å²) in [6.07, 6.45) is 9.67. The number of carboxylic acids is 1. The molecule has 0 aromatic rings. The van der Waals surface area contributed by atoms with Gasteiger partial charge in [0.15, 0.2) is 0 Å². The average molecular weight is 269 g/mol. The third-order valence-electron chi connectivity index (χ3n) is 3.60. The van der Waals surface area contributed by atoms with E-state index in [2.05, 4.69) is 6.92 Å². The summed E-state index contributed by atoms with van der Waals surface area (Å²) in [6, 6.07) is 0. The van der Waals surface area contributed by atoms with Gasteiger partial charge in [0, 0.05) is 13.0 Å². The fourth-order valence-corrected chi connectivity index (χ4v) is 2.24. The first-order chi connectivity index (χ1) is 9.13. The molecule has 0 radical (unpaired) electrons. The van der Waals surface area contributed by atoms with Crippen LogP contribution in [-0.2, 0) is 9.59 Å². The van der Waals surface area contributed by atoms with Gasteiger partial charge < -0.3 is 10.0 Å². The number of carbonyl (C=O) groups is 2. The molecule has 1 amide bonds. The highest BCUT2D eigenvalue weighted by atomic mass is 16.4. The minimum absolute atomic E-state index is 0.0183. The Morgan fingerprint density at radius 1 is 1.11 bits per heavy atom. The molecule has 0 saturated heterocycles. The molecule has 110 valence electrons. The summed E-state index contributed by atoms with van der Waals surface area (Å²) in [6.45, 7) is 2.69. The number of hydrogen-bond acceptors (Lipinski definition) is 2. The van der Waals surface area contributed by atoms with E-state index in [4.69, 9.17) is 5.11 Å². The number of rotatable bonds is 11. The Morgan fingerprint density at radius 3 is 2.32 bits per heavy atom. The molecule has 0 aromatic heterocycles. The van der Waals surface area contributed by atoms with E-state index >= 15 is 0 Å². The minimum Gasteiger partial charge on any atom is -0.480 e. The zero-order chi connectivity index (χ0) is 14.1. The van der Waals surface area contributed by atoms with E-state index in [9.17, 15) is 9.59 Å². The predicted molar refractivity (Wildman–Crippen MR) is 74.9 cm³/mol. The van der Waals surface area contributed by atoms with Gasteiger partial charge in [-0.3, -0.25) is 9.59 Å². The fraction of sp³-hybridized carbons (Fsp3) is 0.867. The molecular formula is C15H27NO3. The Labute approximate surface area is 116 Å². The standard InChI is InChI=1S/C15H27NO3/c1-2-3-4-5-6-7-8-14(17)16(12-15(18)19)11-13-9-10-13/h13H,2-12H2,1H3,(H,18,19). The molecule has 1 aliphatic rings. The third-order valence-corrected chi connectivity index (χ3v) is 3.60. The molecule has 0 aliphatic heterocycles. The second-order valence-corrected chi connectivity index (χ2v) is 5.63. The van der Waals surface area contributed by atoms with Crippen LogP contribution < -0.4 is 0 Å². The Hall–Kier alpha value is -1.06. The van der Waals surface area contributed by atoms with Crippen molar-refractivity contribution in [3.8, 4) is 0 Å². The Kier molecular flexibility index (Phi) is 7.53. The van der Waals surface area contributed by atoms with Gasteiger partial charge in [0.1, 0.15) is 6.54 Å². The Bertz CT molecular complexity index is 287. The molecule has 0 bridgehead atoms. The summed E-state index contributed by atoms with van der Waals surface area (Å²) in [4.78, 5) is 24.3. The van der Waals surface area contributed by atoms with E-state index < -0.39 is 5.97 Å². The first-order valence-electron chi connectivity index (χ1n) is 7.63. The summed E-state index contributed by atoms with van der Waals surface area (Å²) >= 11 is 0. The van der Waals surface area contributed by atoms with Crippen molar-refractivity contribution in [2.45, 2.75) is 64.7 Å². The van der Waals surface area contributed by atoms with Gasteiger partial charge in [-0.2, -0.15) is 0 Å². The van der Waals surface area contributed by atoms with E-state index in [1.54, 1.807) is 0 Å². The van der Waals surface area contributed by atoms with Gasteiger partial charge in [-0.05, 0) is 25.2 Å². The molecule has 0 atom stereocenters. The topological polar surface area (TPSA) is 57.6 Å². The molecule has 0 heterocycles. The van der Waals surface area contributed by atoms with Crippen molar-refractivity contribution in [2.75, 3.05) is 13.1 Å². The van der Waals surface area contributed by atoms with Crippen LogP contribution in [0.4, 0.5) is 0 Å². The summed E-state index contributed by atoms with van der Waals surface area (Å²) in [7, 11) is 0. The monoisotopic (exact) mass is 269 g/mol. The van der Waals surface area contributed by atoms with Gasteiger partial charge in [0.25, 0.3) is 0 Å². The van der Waals surface area contributed by atoms with Gasteiger partial charge in [-0.1, -0.05) is 39.0 Å². The van der Waals surface area contributed by atoms with Crippen molar-refractivity contribution in [3.63, 3.8) is 0 Å². The molecule has 0 spiro atoms. The zero-order valence-electron chi connectivity index (χ0n) is 12.1. The number of carboxylic acid groups (broad SMARTS) is 1. The van der Waals surface area contributed by atoms with Crippen LogP contribution in [-0.4, -0.2) is 35.0 Å². The maximum Gasteiger partial charge on any atom is 0.323 e. The van der Waals surface area contributed by atoms with E-state index in [-0.39, 0.29) is 12.5 Å². The number of nitrogens with zero attached hydrogens (tertiary/aromatic N) is 1. The van der Waals surface area contributed by atoms with E-state index in [0.717, 1.165) is 25.7 Å². The van der Waals surface area contributed by atoms with Crippen molar-refractivity contribution in [2.24, 2.45) is 5.92 Å². The second-order valence-electron chi connectivity index (χ2n) is 5.63. The lowest BCUT2D eigenvalue weighted by Crippen LogP contribution is -2.37. The number of aliphatic carboxylic acids is 1. The van der Waals surface area contributed by atoms with Crippen molar-refractivity contribution < 1.29 is 14.7 Å². The predicted octanol–water partition coefficient (Wildman–Crippen LogP) is 3.06. The SMILES string of the molecule is CCCCCCCCC(=O)N(CC(=O)O)CC1CC1. The van der Waals surface area contributed by atoms with Crippen molar-refractivity contribution >= 4 is 11.9 Å². The van der Waals surface area contributed by atoms with Crippen LogP contribution in [0.5, 0.6) is 0 Å². The molecule has 4 nitrogen and oxygen atoms in total. The average Bonchev–Trinajstić information content (AvgIpc) is 3.16. The number of amides is 1. The maximum atomic E-state index is 12.0. The van der Waals surface area contributed by atoms with Crippen LogP contribution in [0, 0.1) is 5.92 Å². The lowest BCUT2D eigenvalue weighted by Gasteiger charge is -2.20. The van der Waals surface area contributed by atoms with Crippen LogP contribution in [0.25, 0.3) is 0 Å². The fourth-order valence-electron chi connectivity index (χ4n) is 2.24. The molecule has 1 N–H and O–H groups in total. The molecule has 1 fully saturated rings. The quantitative estimate of drug-likeness (QED) is 0.586. The third kappa shape index (κ3) is 7.85. The van der Waals surface area contributed by atoms with Crippen molar-refractivity contribution in [1.82, 2.24) is 4.90 Å². The first kappa shape index (κ1) is 16.0. The van der Waals surface area contributed by atoms with Crippen LogP contribution >= 0.6 is 0 Å². The molecule has 1 saturated carbocycles. The van der Waals surface area contributed by atoms with Gasteiger partial charge in [-0.25, -0.2) is 0 Å². The summed E-state index contributed by atoms with van der Waals surface area (Å²) < 4.78 is 0. The zero-order valence-corrected chi connectivity index (χ0v) is 12.1. The lowest BCUT2D eigenvalue weighted by atomic mass is 10.1. The number of unbranched alkanes of at least 4 members (excludes halogenated alkanes) is 5. The number of carbonyl (C=O) groups excluding carboxylic acids is 1. The lowest BCUT2D eigenvalue weighted by molar-refractivity contribution is -0.144. The summed E-state index contributed by atoms with van der Waals surface area (Å²) in [5.74, 6) is -0.338. The van der Waals surface area contributed by atoms with Crippen molar-refractivity contribution in [1.29, 1.82) is 0 Å². The highest BCUT2D eigenvalue weighted by molar-refractivity contribution is 5.81. The molecule has 0 unspecified atom stereocenters. The Morgan fingerprint density at radius 2 is 1.74 bits per heavy atom. The number of hydrogen-bond donors (Lipinski definition) is 1. The smallest absolute Gasteiger partial charge is 0.323 e. The van der Waals surface area contributed by atoms with Gasteiger partial charge in [0.2, 0.25) is 5.91 Å². The molecule has 1 aliphatic carbocycles. The first-order valence-corrected chi connectivity index (χ1v) is 7.63. The minimum atomic E-state index is -0.906. The molecular weight excluding hydrogens is 242 g/mol. The maximum absolute atomic E-state index is 12.0. The largest absolute Gasteiger partial charge is 0.480 e. The summed E-state index contributed by atoms with van der Waals surface area (Å²) in [5, 5.41) is 8.84. The summed E-state index contributed by atoms with van der Waals surface area (Å²) in [5.41, 5.74) is 0. The normalized spacial score (nSPS) is 14.4. The molecule has 1 rings (SSSR count). The van der Waals surface area contributed by atoms with Crippen molar-refractivity contribution in [3.05, 3.63) is 0 Å². The van der Waals surface area contributed by atoms with E-state index in [1.165, 1.54) is 30.6 Å². The van der Waals surface area contributed by atoms with Gasteiger partial charge >= 0.3 is 5.97 Å².